The smallest absolute Gasteiger partial charge is 0.247 e. The minimum atomic E-state index is -0.272. The molecule has 0 saturated heterocycles. The summed E-state index contributed by atoms with van der Waals surface area (Å²) in [5.74, 6) is -0.272. The number of nitrogens with one attached hydrogen (secondary N) is 1. The van der Waals surface area contributed by atoms with Crippen LogP contribution in [0.1, 0.15) is 0 Å². The van der Waals surface area contributed by atoms with Gasteiger partial charge in [-0.2, -0.15) is 5.10 Å². The Balaban J connectivity index is 1.60. The highest BCUT2D eigenvalue weighted by Crippen LogP contribution is 2.28. The number of hydrogen-bond donors (Lipinski definition) is 1. The first-order valence-corrected chi connectivity index (χ1v) is 8.60. The Bertz CT molecular complexity index is 1170. The number of hydrogen-bond acceptors (Lipinski definition) is 5. The van der Waals surface area contributed by atoms with E-state index in [9.17, 15) is 9.59 Å². The lowest BCUT2D eigenvalue weighted by Crippen LogP contribution is -2.22. The van der Waals surface area contributed by atoms with Gasteiger partial charge in [0.25, 0.3) is 0 Å². The molecule has 124 valence electrons. The van der Waals surface area contributed by atoms with Gasteiger partial charge in [0.2, 0.25) is 11.3 Å². The number of anilines is 1. The second-order valence-electron chi connectivity index (χ2n) is 5.36. The third kappa shape index (κ3) is 3.11. The summed E-state index contributed by atoms with van der Waals surface area (Å²) in [6.45, 7) is -0.0164. The van der Waals surface area contributed by atoms with Gasteiger partial charge in [0.1, 0.15) is 6.54 Å². The quantitative estimate of drug-likeness (QED) is 0.600. The molecule has 1 amide bonds. The molecule has 0 fully saturated rings. The molecule has 2 aromatic heterocycles. The number of aromatic nitrogens is 3. The van der Waals surface area contributed by atoms with E-state index in [-0.39, 0.29) is 17.9 Å². The molecule has 4 rings (SSSR count). The average molecular weight is 371 g/mol. The molecule has 0 atom stereocenters. The van der Waals surface area contributed by atoms with Crippen molar-refractivity contribution in [1.82, 2.24) is 14.8 Å². The van der Waals surface area contributed by atoms with Crippen molar-refractivity contribution < 1.29 is 4.79 Å². The highest BCUT2D eigenvalue weighted by Gasteiger charge is 2.11. The van der Waals surface area contributed by atoms with Crippen LogP contribution in [0.5, 0.6) is 0 Å². The largest absolute Gasteiger partial charge is 0.300 e. The van der Waals surface area contributed by atoms with E-state index in [0.29, 0.717) is 21.1 Å². The molecule has 25 heavy (non-hydrogen) atoms. The van der Waals surface area contributed by atoms with Gasteiger partial charge < -0.3 is 5.32 Å². The number of carbonyl (C=O) groups excluding carboxylic acids is 1. The van der Waals surface area contributed by atoms with E-state index in [1.807, 2.05) is 0 Å². The van der Waals surface area contributed by atoms with Gasteiger partial charge >= 0.3 is 0 Å². The average Bonchev–Trinajstić information content (AvgIpc) is 2.99. The molecule has 0 bridgehead atoms. The van der Waals surface area contributed by atoms with Crippen molar-refractivity contribution in [2.24, 2.45) is 0 Å². The summed E-state index contributed by atoms with van der Waals surface area (Å²) >= 11 is 7.31. The van der Waals surface area contributed by atoms with E-state index in [1.54, 1.807) is 42.5 Å². The highest BCUT2D eigenvalue weighted by molar-refractivity contribution is 7.22. The van der Waals surface area contributed by atoms with Gasteiger partial charge in [-0.3, -0.25) is 14.3 Å². The molecular formula is C17H11ClN4O2S. The van der Waals surface area contributed by atoms with Crippen LogP contribution in [-0.2, 0) is 11.3 Å². The van der Waals surface area contributed by atoms with E-state index in [1.165, 1.54) is 22.2 Å². The lowest BCUT2D eigenvalue weighted by atomic mass is 10.2. The van der Waals surface area contributed by atoms with Crippen molar-refractivity contribution in [1.29, 1.82) is 0 Å². The molecule has 8 heteroatoms. The number of para-hydroxylation sites is 1. The lowest BCUT2D eigenvalue weighted by molar-refractivity contribution is -0.116. The van der Waals surface area contributed by atoms with Crippen LogP contribution in [0.2, 0.25) is 5.02 Å². The molecule has 2 aromatic carbocycles. The molecule has 0 unspecified atom stereocenters. The summed E-state index contributed by atoms with van der Waals surface area (Å²) in [6, 6.07) is 12.4. The van der Waals surface area contributed by atoms with Crippen LogP contribution in [0.25, 0.3) is 21.1 Å². The first-order chi connectivity index (χ1) is 12.1. The van der Waals surface area contributed by atoms with Crippen molar-refractivity contribution in [3.8, 4) is 0 Å². The lowest BCUT2D eigenvalue weighted by Gasteiger charge is -2.08. The number of benzene rings is 2. The predicted octanol–water partition coefficient (Wildman–Crippen LogP) is 3.30. The molecule has 0 spiro atoms. The van der Waals surface area contributed by atoms with Gasteiger partial charge in [0, 0.05) is 10.4 Å². The zero-order valence-corrected chi connectivity index (χ0v) is 14.3. The number of halogens is 1. The van der Waals surface area contributed by atoms with Crippen molar-refractivity contribution in [2.75, 3.05) is 5.32 Å². The Morgan fingerprint density at radius 1 is 1.24 bits per heavy atom. The second kappa shape index (κ2) is 6.27. The van der Waals surface area contributed by atoms with Crippen molar-refractivity contribution in [2.45, 2.75) is 6.54 Å². The minimum absolute atomic E-state index is 0.0164. The molecule has 0 saturated carbocycles. The number of nitrogens with zero attached hydrogens (tertiary/aromatic N) is 3. The number of carbonyl (C=O) groups is 1. The summed E-state index contributed by atoms with van der Waals surface area (Å²) in [4.78, 5) is 28.5. The standard InChI is InChI=1S/C17H11ClN4O2S/c18-10-5-6-12-15(7-10)25-17(20-12)21-16(24)9-22-13-4-2-1-3-11(13)14(23)8-19-22/h1-8H,9H2,(H,20,21,24). The van der Waals surface area contributed by atoms with Crippen LogP contribution in [0.4, 0.5) is 5.13 Å². The van der Waals surface area contributed by atoms with E-state index >= 15 is 0 Å². The van der Waals surface area contributed by atoms with E-state index in [0.717, 1.165) is 10.2 Å². The maximum Gasteiger partial charge on any atom is 0.247 e. The van der Waals surface area contributed by atoms with Gasteiger partial charge in [0.05, 0.1) is 21.9 Å². The predicted molar refractivity (Wildman–Crippen MR) is 99.3 cm³/mol. The van der Waals surface area contributed by atoms with Crippen LogP contribution in [0.15, 0.2) is 53.5 Å². The highest BCUT2D eigenvalue weighted by atomic mass is 35.5. The maximum absolute atomic E-state index is 12.3. The van der Waals surface area contributed by atoms with Crippen LogP contribution in [0, 0.1) is 0 Å². The first-order valence-electron chi connectivity index (χ1n) is 7.41. The Labute approximate surface area is 150 Å². The molecule has 0 radical (unpaired) electrons. The van der Waals surface area contributed by atoms with Gasteiger partial charge in [-0.05, 0) is 30.3 Å². The van der Waals surface area contributed by atoms with Crippen LogP contribution < -0.4 is 10.7 Å². The Kier molecular flexibility index (Phi) is 3.95. The molecule has 6 nitrogen and oxygen atoms in total. The van der Waals surface area contributed by atoms with Gasteiger partial charge in [-0.1, -0.05) is 35.1 Å². The summed E-state index contributed by atoms with van der Waals surface area (Å²) in [6.07, 6.45) is 1.22. The zero-order valence-electron chi connectivity index (χ0n) is 12.8. The van der Waals surface area contributed by atoms with Crippen molar-refractivity contribution in [3.63, 3.8) is 0 Å². The number of fused-ring (bicyclic) bond motifs is 2. The molecule has 2 heterocycles. The van der Waals surface area contributed by atoms with E-state index in [2.05, 4.69) is 15.4 Å². The number of thiazole rings is 1. The van der Waals surface area contributed by atoms with Crippen molar-refractivity contribution >= 4 is 55.1 Å². The summed E-state index contributed by atoms with van der Waals surface area (Å²) in [5.41, 5.74) is 1.22. The topological polar surface area (TPSA) is 76.9 Å². The third-order valence-corrected chi connectivity index (χ3v) is 4.82. The first kappa shape index (κ1) is 15.7. The molecule has 0 aliphatic rings. The molecule has 0 aliphatic carbocycles. The van der Waals surface area contributed by atoms with Crippen LogP contribution >= 0.6 is 22.9 Å². The third-order valence-electron chi connectivity index (χ3n) is 3.65. The fourth-order valence-electron chi connectivity index (χ4n) is 2.53. The molecule has 4 aromatic rings. The summed E-state index contributed by atoms with van der Waals surface area (Å²) in [5, 5.41) is 8.46. The Morgan fingerprint density at radius 2 is 2.08 bits per heavy atom. The van der Waals surface area contributed by atoms with Crippen molar-refractivity contribution in [3.05, 3.63) is 63.9 Å². The normalized spacial score (nSPS) is 11.1. The monoisotopic (exact) mass is 370 g/mol. The van der Waals surface area contributed by atoms with Crippen LogP contribution in [-0.4, -0.2) is 20.7 Å². The number of amides is 1. The zero-order chi connectivity index (χ0) is 17.4. The molecular weight excluding hydrogens is 360 g/mol. The van der Waals surface area contributed by atoms with E-state index < -0.39 is 0 Å². The van der Waals surface area contributed by atoms with Gasteiger partial charge in [-0.25, -0.2) is 4.98 Å². The fraction of sp³-hybridized carbons (Fsp3) is 0.0588. The van der Waals surface area contributed by atoms with Gasteiger partial charge in [-0.15, -0.1) is 0 Å². The van der Waals surface area contributed by atoms with Gasteiger partial charge in [0.15, 0.2) is 5.13 Å². The molecule has 0 aliphatic heterocycles. The number of rotatable bonds is 3. The fourth-order valence-corrected chi connectivity index (χ4v) is 3.69. The minimum Gasteiger partial charge on any atom is -0.300 e. The SMILES string of the molecule is O=C(Cn1ncc(=O)c2ccccc21)Nc1nc2ccc(Cl)cc2s1. The summed E-state index contributed by atoms with van der Waals surface area (Å²) in [7, 11) is 0. The summed E-state index contributed by atoms with van der Waals surface area (Å²) < 4.78 is 2.39. The van der Waals surface area contributed by atoms with Crippen LogP contribution in [0.3, 0.4) is 0 Å². The molecule has 1 N–H and O–H groups in total. The second-order valence-corrected chi connectivity index (χ2v) is 6.83. The maximum atomic E-state index is 12.3. The Hall–Kier alpha value is -2.77. The van der Waals surface area contributed by atoms with E-state index in [4.69, 9.17) is 11.6 Å². The Morgan fingerprint density at radius 3 is 2.96 bits per heavy atom.